The molecule has 3 aromatic rings. The van der Waals surface area contributed by atoms with Crippen molar-refractivity contribution in [2.24, 2.45) is 0 Å². The van der Waals surface area contributed by atoms with Crippen LogP contribution in [-0.4, -0.2) is 8.42 Å². The summed E-state index contributed by atoms with van der Waals surface area (Å²) in [5.74, 6) is 1.39. The Bertz CT molecular complexity index is 1010. The molecule has 1 N–H and O–H groups in total. The van der Waals surface area contributed by atoms with Crippen LogP contribution in [0, 0.1) is 13.8 Å². The van der Waals surface area contributed by atoms with Gasteiger partial charge in [0.2, 0.25) is 0 Å². The first kappa shape index (κ1) is 18.5. The summed E-state index contributed by atoms with van der Waals surface area (Å²) in [7, 11) is -3.62. The first-order valence-corrected chi connectivity index (χ1v) is 10.2. The summed E-state index contributed by atoms with van der Waals surface area (Å²) in [5, 5.41) is 0. The minimum absolute atomic E-state index is 0.205. The van der Waals surface area contributed by atoms with E-state index in [4.69, 9.17) is 4.74 Å². The van der Waals surface area contributed by atoms with Crippen molar-refractivity contribution in [2.45, 2.75) is 18.7 Å². The molecule has 3 aromatic carbocycles. The van der Waals surface area contributed by atoms with E-state index in [1.165, 1.54) is 5.56 Å². The number of benzene rings is 3. The zero-order valence-corrected chi connectivity index (χ0v) is 16.8. The molecule has 6 heteroatoms. The molecule has 0 aliphatic carbocycles. The summed E-state index contributed by atoms with van der Waals surface area (Å²) in [6, 6.07) is 19.2. The predicted octanol–water partition coefficient (Wildman–Crippen LogP) is 5.66. The molecule has 0 bridgehead atoms. The molecular formula is C20H18BrNO3S. The van der Waals surface area contributed by atoms with E-state index >= 15 is 0 Å². The van der Waals surface area contributed by atoms with Crippen molar-refractivity contribution < 1.29 is 13.2 Å². The average Bonchev–Trinajstić information content (AvgIpc) is 2.60. The molecule has 3 rings (SSSR count). The monoisotopic (exact) mass is 431 g/mol. The molecule has 4 nitrogen and oxygen atoms in total. The quantitative estimate of drug-likeness (QED) is 0.566. The number of anilines is 1. The third-order valence-corrected chi connectivity index (χ3v) is 5.87. The van der Waals surface area contributed by atoms with Crippen LogP contribution in [0.25, 0.3) is 0 Å². The van der Waals surface area contributed by atoms with Crippen LogP contribution in [0.4, 0.5) is 5.69 Å². The molecule has 0 saturated heterocycles. The molecule has 26 heavy (non-hydrogen) atoms. The van der Waals surface area contributed by atoms with Crippen molar-refractivity contribution in [2.75, 3.05) is 4.72 Å². The highest BCUT2D eigenvalue weighted by Crippen LogP contribution is 2.26. The molecule has 0 radical (unpaired) electrons. The van der Waals surface area contributed by atoms with Crippen LogP contribution in [0.1, 0.15) is 11.1 Å². The lowest BCUT2D eigenvalue weighted by Crippen LogP contribution is -2.12. The third kappa shape index (κ3) is 4.45. The van der Waals surface area contributed by atoms with Crippen molar-refractivity contribution in [3.63, 3.8) is 0 Å². The van der Waals surface area contributed by atoms with Gasteiger partial charge in [-0.25, -0.2) is 8.42 Å². The molecule has 0 unspecified atom stereocenters. The Morgan fingerprint density at radius 1 is 0.808 bits per heavy atom. The van der Waals surface area contributed by atoms with Crippen LogP contribution in [0.3, 0.4) is 0 Å². The van der Waals surface area contributed by atoms with E-state index in [1.807, 2.05) is 32.0 Å². The number of hydrogen-bond acceptors (Lipinski definition) is 3. The minimum Gasteiger partial charge on any atom is -0.457 e. The normalized spacial score (nSPS) is 11.2. The SMILES string of the molecule is Cc1ccc(Oc2ccc(NS(=O)(=O)c3ccc(Br)cc3)cc2)cc1C. The number of ether oxygens (including phenoxy) is 1. The summed E-state index contributed by atoms with van der Waals surface area (Å²) in [4.78, 5) is 0.205. The van der Waals surface area contributed by atoms with Gasteiger partial charge in [0.25, 0.3) is 10.0 Å². The maximum Gasteiger partial charge on any atom is 0.261 e. The van der Waals surface area contributed by atoms with Crippen molar-refractivity contribution in [3.05, 3.63) is 82.3 Å². The average molecular weight is 432 g/mol. The highest BCUT2D eigenvalue weighted by Gasteiger charge is 2.14. The molecule has 0 spiro atoms. The van der Waals surface area contributed by atoms with Gasteiger partial charge in [-0.05, 0) is 85.6 Å². The van der Waals surface area contributed by atoms with Gasteiger partial charge in [0, 0.05) is 10.2 Å². The Balaban J connectivity index is 1.73. The summed E-state index contributed by atoms with van der Waals surface area (Å²) >= 11 is 3.29. The first-order valence-electron chi connectivity index (χ1n) is 7.97. The van der Waals surface area contributed by atoms with E-state index in [1.54, 1.807) is 48.5 Å². The zero-order valence-electron chi connectivity index (χ0n) is 14.4. The summed E-state index contributed by atoms with van der Waals surface area (Å²) in [6.07, 6.45) is 0. The second-order valence-electron chi connectivity index (χ2n) is 5.93. The maximum atomic E-state index is 12.4. The number of rotatable bonds is 5. The summed E-state index contributed by atoms with van der Waals surface area (Å²) in [5.41, 5.74) is 2.83. The van der Waals surface area contributed by atoms with Crippen LogP contribution in [-0.2, 0) is 10.0 Å². The fourth-order valence-electron chi connectivity index (χ4n) is 2.33. The van der Waals surface area contributed by atoms with Gasteiger partial charge in [-0.2, -0.15) is 0 Å². The fraction of sp³-hybridized carbons (Fsp3) is 0.100. The molecular weight excluding hydrogens is 414 g/mol. The topological polar surface area (TPSA) is 55.4 Å². The molecule has 0 fully saturated rings. The summed E-state index contributed by atoms with van der Waals surface area (Å²) in [6.45, 7) is 4.08. The smallest absolute Gasteiger partial charge is 0.261 e. The van der Waals surface area contributed by atoms with Crippen molar-refractivity contribution in [1.29, 1.82) is 0 Å². The van der Waals surface area contributed by atoms with Gasteiger partial charge in [0.05, 0.1) is 4.90 Å². The van der Waals surface area contributed by atoms with Gasteiger partial charge in [-0.15, -0.1) is 0 Å². The second-order valence-corrected chi connectivity index (χ2v) is 8.53. The molecule has 0 saturated carbocycles. The number of nitrogens with one attached hydrogen (secondary N) is 1. The molecule has 0 amide bonds. The van der Waals surface area contributed by atoms with Crippen LogP contribution in [0.2, 0.25) is 0 Å². The van der Waals surface area contributed by atoms with E-state index in [0.29, 0.717) is 11.4 Å². The number of aryl methyl sites for hydroxylation is 2. The van der Waals surface area contributed by atoms with Gasteiger partial charge < -0.3 is 4.74 Å². The largest absolute Gasteiger partial charge is 0.457 e. The number of hydrogen-bond donors (Lipinski definition) is 1. The standard InChI is InChI=1S/C20H18BrNO3S/c1-14-3-8-19(13-15(14)2)25-18-9-6-17(7-10-18)22-26(23,24)20-11-4-16(21)5-12-20/h3-13,22H,1-2H3. The maximum absolute atomic E-state index is 12.4. The van der Waals surface area contributed by atoms with E-state index < -0.39 is 10.0 Å². The Hall–Kier alpha value is -2.31. The number of halogens is 1. The van der Waals surface area contributed by atoms with E-state index in [9.17, 15) is 8.42 Å². The van der Waals surface area contributed by atoms with Crippen LogP contribution in [0.15, 0.2) is 76.1 Å². The molecule has 0 aliphatic heterocycles. The van der Waals surface area contributed by atoms with Crippen LogP contribution < -0.4 is 9.46 Å². The minimum atomic E-state index is -3.62. The lowest BCUT2D eigenvalue weighted by Gasteiger charge is -2.10. The second kappa shape index (κ2) is 7.51. The van der Waals surface area contributed by atoms with Gasteiger partial charge >= 0.3 is 0 Å². The van der Waals surface area contributed by atoms with Gasteiger partial charge in [0.1, 0.15) is 11.5 Å². The molecule has 0 heterocycles. The van der Waals surface area contributed by atoms with Gasteiger partial charge in [0.15, 0.2) is 0 Å². The Morgan fingerprint density at radius 2 is 1.42 bits per heavy atom. The highest BCUT2D eigenvalue weighted by molar-refractivity contribution is 9.10. The van der Waals surface area contributed by atoms with E-state index in [0.717, 1.165) is 15.8 Å². The Kier molecular flexibility index (Phi) is 5.34. The zero-order chi connectivity index (χ0) is 18.7. The highest BCUT2D eigenvalue weighted by atomic mass is 79.9. The van der Waals surface area contributed by atoms with Crippen LogP contribution >= 0.6 is 15.9 Å². The van der Waals surface area contributed by atoms with Crippen molar-refractivity contribution in [1.82, 2.24) is 0 Å². The molecule has 134 valence electrons. The lowest BCUT2D eigenvalue weighted by atomic mass is 10.1. The van der Waals surface area contributed by atoms with Crippen molar-refractivity contribution in [3.8, 4) is 11.5 Å². The molecule has 0 atom stereocenters. The fourth-order valence-corrected chi connectivity index (χ4v) is 3.66. The Labute approximate surface area is 162 Å². The molecule has 0 aliphatic rings. The molecule has 0 aromatic heterocycles. The number of sulfonamides is 1. The predicted molar refractivity (Wildman–Crippen MR) is 107 cm³/mol. The third-order valence-electron chi connectivity index (χ3n) is 3.94. The Morgan fingerprint density at radius 3 is 2.04 bits per heavy atom. The van der Waals surface area contributed by atoms with Crippen LogP contribution in [0.5, 0.6) is 11.5 Å². The first-order chi connectivity index (χ1) is 12.3. The van der Waals surface area contributed by atoms with Crippen molar-refractivity contribution >= 4 is 31.6 Å². The van der Waals surface area contributed by atoms with E-state index in [-0.39, 0.29) is 4.90 Å². The lowest BCUT2D eigenvalue weighted by molar-refractivity contribution is 0.482. The summed E-state index contributed by atoms with van der Waals surface area (Å²) < 4.78 is 34.0. The van der Waals surface area contributed by atoms with Gasteiger partial charge in [-0.3, -0.25) is 4.72 Å². The van der Waals surface area contributed by atoms with E-state index in [2.05, 4.69) is 20.7 Å². The van der Waals surface area contributed by atoms with Gasteiger partial charge in [-0.1, -0.05) is 22.0 Å².